The highest BCUT2D eigenvalue weighted by Gasteiger charge is 2.04. The maximum Gasteiger partial charge on any atom is 0.305 e. The van der Waals surface area contributed by atoms with E-state index in [1.54, 1.807) is 12.2 Å². The predicted molar refractivity (Wildman–Crippen MR) is 48.2 cm³/mol. The first-order valence-electron chi connectivity index (χ1n) is 4.64. The Labute approximate surface area is 77.8 Å². The Bertz CT molecular complexity index is 218. The van der Waals surface area contributed by atoms with Crippen molar-refractivity contribution < 1.29 is 14.3 Å². The molecule has 72 valence electrons. The number of hydrogen-bond donors (Lipinski definition) is 0. The van der Waals surface area contributed by atoms with E-state index in [-0.39, 0.29) is 11.8 Å². The Morgan fingerprint density at radius 1 is 1.15 bits per heavy atom. The van der Waals surface area contributed by atoms with E-state index >= 15 is 0 Å². The Kier molecular flexibility index (Phi) is 4.23. The van der Waals surface area contributed by atoms with Crippen LogP contribution in [0.2, 0.25) is 0 Å². The largest absolute Gasteiger partial charge is 0.465 e. The first-order chi connectivity index (χ1) is 6.29. The summed E-state index contributed by atoms with van der Waals surface area (Å²) in [4.78, 5) is 22.0. The fourth-order valence-electron chi connectivity index (χ4n) is 1.18. The zero-order chi connectivity index (χ0) is 9.52. The molecule has 0 fully saturated rings. The van der Waals surface area contributed by atoms with Crippen molar-refractivity contribution in [2.45, 2.75) is 32.1 Å². The number of carbonyl (C=O) groups excluding carboxylic acids is 2. The number of hydrogen-bond acceptors (Lipinski definition) is 3. The van der Waals surface area contributed by atoms with Crippen molar-refractivity contribution in [2.24, 2.45) is 0 Å². The van der Waals surface area contributed by atoms with Crippen LogP contribution in [0, 0.1) is 0 Å². The topological polar surface area (TPSA) is 43.4 Å². The summed E-state index contributed by atoms with van der Waals surface area (Å²) < 4.78 is 4.91. The van der Waals surface area contributed by atoms with Gasteiger partial charge >= 0.3 is 5.97 Å². The number of ketones is 1. The average molecular weight is 182 g/mol. The first kappa shape index (κ1) is 9.96. The van der Waals surface area contributed by atoms with E-state index in [9.17, 15) is 9.59 Å². The van der Waals surface area contributed by atoms with E-state index in [0.29, 0.717) is 25.9 Å². The molecule has 3 heteroatoms. The van der Waals surface area contributed by atoms with E-state index in [0.717, 1.165) is 12.8 Å². The highest BCUT2D eigenvalue weighted by Crippen LogP contribution is 2.04. The number of rotatable bonds is 0. The van der Waals surface area contributed by atoms with Crippen LogP contribution in [0.1, 0.15) is 32.1 Å². The smallest absolute Gasteiger partial charge is 0.305 e. The summed E-state index contributed by atoms with van der Waals surface area (Å²) in [6.45, 7) is 0.391. The molecule has 0 saturated carbocycles. The van der Waals surface area contributed by atoms with Crippen molar-refractivity contribution in [3.63, 3.8) is 0 Å². The molecule has 0 saturated heterocycles. The minimum absolute atomic E-state index is 0.148. The summed E-state index contributed by atoms with van der Waals surface area (Å²) in [5, 5.41) is 0. The first-order valence-corrected chi connectivity index (χ1v) is 4.64. The fraction of sp³-hybridized carbons (Fsp3) is 0.600. The van der Waals surface area contributed by atoms with Crippen LogP contribution in [0.25, 0.3) is 0 Å². The van der Waals surface area contributed by atoms with Gasteiger partial charge in [0.2, 0.25) is 0 Å². The van der Waals surface area contributed by atoms with Gasteiger partial charge in [0, 0.05) is 12.8 Å². The number of ether oxygens (including phenoxy) is 1. The lowest BCUT2D eigenvalue weighted by atomic mass is 10.1. The van der Waals surface area contributed by atoms with Gasteiger partial charge in [-0.05, 0) is 25.3 Å². The Balaban J connectivity index is 2.40. The predicted octanol–water partition coefficient (Wildman–Crippen LogP) is 1.62. The summed E-state index contributed by atoms with van der Waals surface area (Å²) in [5.74, 6) is -0.00269. The van der Waals surface area contributed by atoms with Gasteiger partial charge in [-0.1, -0.05) is 6.08 Å². The van der Waals surface area contributed by atoms with E-state index in [1.807, 2.05) is 0 Å². The highest BCUT2D eigenvalue weighted by molar-refractivity contribution is 5.89. The molecule has 0 atom stereocenters. The fourth-order valence-corrected chi connectivity index (χ4v) is 1.18. The Morgan fingerprint density at radius 3 is 2.77 bits per heavy atom. The maximum atomic E-state index is 11.1. The molecular weight excluding hydrogens is 168 g/mol. The molecule has 0 aromatic heterocycles. The van der Waals surface area contributed by atoms with E-state index in [1.165, 1.54) is 0 Å². The van der Waals surface area contributed by atoms with Crippen LogP contribution in [0.3, 0.4) is 0 Å². The molecule has 0 aliphatic carbocycles. The van der Waals surface area contributed by atoms with E-state index < -0.39 is 0 Å². The zero-order valence-electron chi connectivity index (χ0n) is 7.62. The number of allylic oxidation sites excluding steroid dienone is 1. The van der Waals surface area contributed by atoms with E-state index in [4.69, 9.17) is 4.74 Å². The van der Waals surface area contributed by atoms with Crippen molar-refractivity contribution in [1.82, 2.24) is 0 Å². The molecule has 0 N–H and O–H groups in total. The number of cyclic esters (lactones) is 1. The third kappa shape index (κ3) is 4.45. The molecule has 1 aliphatic heterocycles. The Hall–Kier alpha value is -1.12. The molecule has 1 aliphatic rings. The molecule has 0 spiro atoms. The van der Waals surface area contributed by atoms with Crippen LogP contribution < -0.4 is 0 Å². The second-order valence-corrected chi connectivity index (χ2v) is 3.08. The summed E-state index contributed by atoms with van der Waals surface area (Å²) in [6, 6.07) is 0. The summed E-state index contributed by atoms with van der Waals surface area (Å²) in [7, 11) is 0. The second-order valence-electron chi connectivity index (χ2n) is 3.08. The minimum atomic E-state index is -0.150. The van der Waals surface area contributed by atoms with Crippen LogP contribution in [0.15, 0.2) is 12.2 Å². The monoisotopic (exact) mass is 182 g/mol. The molecule has 0 aromatic carbocycles. The van der Waals surface area contributed by atoms with Gasteiger partial charge in [0.05, 0.1) is 6.61 Å². The van der Waals surface area contributed by atoms with Crippen molar-refractivity contribution in [3.8, 4) is 0 Å². The van der Waals surface area contributed by atoms with Crippen molar-refractivity contribution in [3.05, 3.63) is 12.2 Å². The highest BCUT2D eigenvalue weighted by atomic mass is 16.5. The van der Waals surface area contributed by atoms with Crippen LogP contribution in [-0.2, 0) is 14.3 Å². The molecule has 0 bridgehead atoms. The molecule has 3 nitrogen and oxygen atoms in total. The molecule has 0 radical (unpaired) electrons. The van der Waals surface area contributed by atoms with Crippen molar-refractivity contribution >= 4 is 11.8 Å². The van der Waals surface area contributed by atoms with Crippen molar-refractivity contribution in [1.29, 1.82) is 0 Å². The number of esters is 1. The van der Waals surface area contributed by atoms with Crippen LogP contribution in [0.4, 0.5) is 0 Å². The summed E-state index contributed by atoms with van der Waals surface area (Å²) in [5.41, 5.74) is 0. The SMILES string of the molecule is O=C1/C=C\CCOC(=O)CCCC1. The van der Waals surface area contributed by atoms with Gasteiger partial charge in [0.15, 0.2) is 5.78 Å². The normalized spacial score (nSPS) is 23.1. The van der Waals surface area contributed by atoms with Gasteiger partial charge in [-0.3, -0.25) is 9.59 Å². The van der Waals surface area contributed by atoms with Crippen LogP contribution in [-0.4, -0.2) is 18.4 Å². The van der Waals surface area contributed by atoms with Crippen molar-refractivity contribution in [2.75, 3.05) is 6.61 Å². The van der Waals surface area contributed by atoms with Gasteiger partial charge < -0.3 is 4.74 Å². The molecule has 1 heterocycles. The van der Waals surface area contributed by atoms with Crippen LogP contribution >= 0.6 is 0 Å². The lowest BCUT2D eigenvalue weighted by Gasteiger charge is -2.00. The molecule has 0 aromatic rings. The zero-order valence-corrected chi connectivity index (χ0v) is 7.62. The van der Waals surface area contributed by atoms with Gasteiger partial charge in [-0.25, -0.2) is 0 Å². The molecule has 0 unspecified atom stereocenters. The maximum absolute atomic E-state index is 11.1. The van der Waals surface area contributed by atoms with Gasteiger partial charge in [-0.15, -0.1) is 0 Å². The van der Waals surface area contributed by atoms with Gasteiger partial charge in [0.25, 0.3) is 0 Å². The molecule has 13 heavy (non-hydrogen) atoms. The average Bonchev–Trinajstić information content (AvgIpc) is 2.14. The summed E-state index contributed by atoms with van der Waals surface area (Å²) in [6.07, 6.45) is 6.49. The lowest BCUT2D eigenvalue weighted by molar-refractivity contribution is -0.143. The van der Waals surface area contributed by atoms with E-state index in [2.05, 4.69) is 0 Å². The molecule has 1 rings (SSSR count). The quantitative estimate of drug-likeness (QED) is 0.535. The number of carbonyl (C=O) groups is 2. The standard InChI is InChI=1S/C10H14O3/c11-9-5-1-2-7-10(12)13-8-4-3-6-9/h3,6H,1-2,4-5,7-8H2/b6-3-. The summed E-state index contributed by atoms with van der Waals surface area (Å²) >= 11 is 0. The second kappa shape index (κ2) is 5.51. The van der Waals surface area contributed by atoms with Gasteiger partial charge in [0.1, 0.15) is 0 Å². The third-order valence-electron chi connectivity index (χ3n) is 1.91. The molecule has 0 amide bonds. The minimum Gasteiger partial charge on any atom is -0.465 e. The lowest BCUT2D eigenvalue weighted by Crippen LogP contribution is -2.04. The molecular formula is C10H14O3. The van der Waals surface area contributed by atoms with Gasteiger partial charge in [-0.2, -0.15) is 0 Å². The Morgan fingerprint density at radius 2 is 1.92 bits per heavy atom. The van der Waals surface area contributed by atoms with Crippen LogP contribution in [0.5, 0.6) is 0 Å². The third-order valence-corrected chi connectivity index (χ3v) is 1.91.